The number of unbranched alkanes of at least 4 members (excludes halogenated alkanes) is 4. The van der Waals surface area contributed by atoms with E-state index < -0.39 is 0 Å². The van der Waals surface area contributed by atoms with Gasteiger partial charge < -0.3 is 14.9 Å². The third kappa shape index (κ3) is 7.34. The lowest BCUT2D eigenvalue weighted by atomic mass is 10.0. The van der Waals surface area contributed by atoms with Gasteiger partial charge in [0.15, 0.2) is 0 Å². The average Bonchev–Trinajstić information content (AvgIpc) is 2.31. The van der Waals surface area contributed by atoms with Gasteiger partial charge in [-0.25, -0.2) is 0 Å². The van der Waals surface area contributed by atoms with Crippen molar-refractivity contribution in [2.75, 3.05) is 6.61 Å². The van der Waals surface area contributed by atoms with E-state index in [0.29, 0.717) is 6.61 Å². The van der Waals surface area contributed by atoms with E-state index in [9.17, 15) is 15.0 Å². The van der Waals surface area contributed by atoms with Gasteiger partial charge in [0.2, 0.25) is 0 Å². The second-order valence-corrected chi connectivity index (χ2v) is 4.72. The monoisotopic (exact) mass is 266 g/mol. The topological polar surface area (TPSA) is 66.8 Å². The van der Waals surface area contributed by atoms with Crippen molar-refractivity contribution in [2.45, 2.75) is 45.4 Å². The molecule has 0 radical (unpaired) electrons. The number of rotatable bonds is 8. The first-order chi connectivity index (χ1) is 9.08. The van der Waals surface area contributed by atoms with E-state index >= 15 is 0 Å². The molecule has 106 valence electrons. The largest absolute Gasteiger partial charge is 0.508 e. The number of phenolic OH excluding ortho intramolecular Hbond substituents is 2. The van der Waals surface area contributed by atoms with Gasteiger partial charge in [0.25, 0.3) is 0 Å². The molecule has 0 bridgehead atoms. The number of carbonyl (C=O) groups excluding carboxylic acids is 1. The zero-order valence-electron chi connectivity index (χ0n) is 11.4. The molecule has 4 nitrogen and oxygen atoms in total. The van der Waals surface area contributed by atoms with Gasteiger partial charge >= 0.3 is 5.97 Å². The van der Waals surface area contributed by atoms with Crippen molar-refractivity contribution in [3.63, 3.8) is 0 Å². The first-order valence-corrected chi connectivity index (χ1v) is 6.73. The van der Waals surface area contributed by atoms with Crippen molar-refractivity contribution in [1.82, 2.24) is 0 Å². The van der Waals surface area contributed by atoms with Crippen LogP contribution in [0, 0.1) is 0 Å². The summed E-state index contributed by atoms with van der Waals surface area (Å²) < 4.78 is 4.85. The van der Waals surface area contributed by atoms with Crippen LogP contribution < -0.4 is 0 Å². The van der Waals surface area contributed by atoms with Crippen LogP contribution in [-0.2, 0) is 16.0 Å². The summed E-state index contributed by atoms with van der Waals surface area (Å²) in [6.07, 6.45) is 6.04. The molecule has 19 heavy (non-hydrogen) atoms. The van der Waals surface area contributed by atoms with Crippen molar-refractivity contribution in [3.8, 4) is 11.5 Å². The Morgan fingerprint density at radius 2 is 1.58 bits per heavy atom. The summed E-state index contributed by atoms with van der Waals surface area (Å²) in [6, 6.07) is 4.69. The number of ether oxygens (including phenoxy) is 1. The van der Waals surface area contributed by atoms with E-state index in [4.69, 9.17) is 4.74 Å². The van der Waals surface area contributed by atoms with Crippen LogP contribution in [0.4, 0.5) is 0 Å². The lowest BCUT2D eigenvalue weighted by Crippen LogP contribution is -2.00. The maximum absolute atomic E-state index is 10.5. The predicted octanol–water partition coefficient (Wildman–Crippen LogP) is 3.15. The number of benzene rings is 1. The van der Waals surface area contributed by atoms with E-state index in [0.717, 1.165) is 44.1 Å². The zero-order chi connectivity index (χ0) is 14.1. The van der Waals surface area contributed by atoms with Gasteiger partial charge in [-0.2, -0.15) is 0 Å². The highest BCUT2D eigenvalue weighted by Gasteiger charge is 1.99. The fourth-order valence-corrected chi connectivity index (χ4v) is 1.98. The van der Waals surface area contributed by atoms with Crippen molar-refractivity contribution in [1.29, 1.82) is 0 Å². The lowest BCUT2D eigenvalue weighted by molar-refractivity contribution is -0.141. The fourth-order valence-electron chi connectivity index (χ4n) is 1.98. The molecule has 1 rings (SSSR count). The van der Waals surface area contributed by atoms with Gasteiger partial charge in [0, 0.05) is 13.0 Å². The van der Waals surface area contributed by atoms with Crippen LogP contribution in [-0.4, -0.2) is 22.8 Å². The van der Waals surface area contributed by atoms with Crippen molar-refractivity contribution < 1.29 is 19.7 Å². The average molecular weight is 266 g/mol. The predicted molar refractivity (Wildman–Crippen MR) is 73.2 cm³/mol. The summed E-state index contributed by atoms with van der Waals surface area (Å²) in [5.74, 6) is -0.00328. The van der Waals surface area contributed by atoms with E-state index in [1.54, 1.807) is 12.1 Å². The molecule has 1 aromatic rings. The zero-order valence-corrected chi connectivity index (χ0v) is 11.4. The maximum Gasteiger partial charge on any atom is 0.302 e. The Morgan fingerprint density at radius 3 is 2.21 bits per heavy atom. The van der Waals surface area contributed by atoms with Gasteiger partial charge in [0.1, 0.15) is 11.5 Å². The standard InChI is InChI=1S/C15H22O4/c1-12(16)19-8-6-4-2-3-5-7-13-9-14(17)11-15(18)10-13/h9-11,17-18H,2-8H2,1H3. The van der Waals surface area contributed by atoms with Crippen LogP contribution in [0.1, 0.15) is 44.6 Å². The molecule has 0 aliphatic carbocycles. The molecule has 0 heterocycles. The molecule has 4 heteroatoms. The molecule has 0 atom stereocenters. The molecule has 0 aliphatic heterocycles. The number of phenols is 2. The van der Waals surface area contributed by atoms with E-state index in [1.165, 1.54) is 13.0 Å². The number of aromatic hydroxyl groups is 2. The Kier molecular flexibility index (Phi) is 6.79. The Labute approximate surface area is 114 Å². The first-order valence-electron chi connectivity index (χ1n) is 6.73. The summed E-state index contributed by atoms with van der Waals surface area (Å²) in [6.45, 7) is 1.93. The number of aryl methyl sites for hydroxylation is 1. The minimum absolute atomic E-state index is 0.108. The number of esters is 1. The van der Waals surface area contributed by atoms with Gasteiger partial charge in [-0.15, -0.1) is 0 Å². The highest BCUT2D eigenvalue weighted by molar-refractivity contribution is 5.65. The molecule has 0 aromatic heterocycles. The summed E-state index contributed by atoms with van der Waals surface area (Å²) in [5.41, 5.74) is 0.956. The number of hydrogen-bond acceptors (Lipinski definition) is 4. The molecule has 0 fully saturated rings. The Morgan fingerprint density at radius 1 is 1.00 bits per heavy atom. The van der Waals surface area contributed by atoms with Crippen LogP contribution in [0.5, 0.6) is 11.5 Å². The lowest BCUT2D eigenvalue weighted by Gasteiger charge is -2.04. The fraction of sp³-hybridized carbons (Fsp3) is 0.533. The minimum Gasteiger partial charge on any atom is -0.508 e. The highest BCUT2D eigenvalue weighted by atomic mass is 16.5. The molecular weight excluding hydrogens is 244 g/mol. The number of hydrogen-bond donors (Lipinski definition) is 2. The van der Waals surface area contributed by atoms with Crippen molar-refractivity contribution in [2.24, 2.45) is 0 Å². The molecule has 0 spiro atoms. The highest BCUT2D eigenvalue weighted by Crippen LogP contribution is 2.21. The Hall–Kier alpha value is -1.71. The molecular formula is C15H22O4. The summed E-state index contributed by atoms with van der Waals surface area (Å²) >= 11 is 0. The molecule has 0 unspecified atom stereocenters. The van der Waals surface area contributed by atoms with E-state index in [1.807, 2.05) is 0 Å². The minimum atomic E-state index is -0.219. The first kappa shape index (κ1) is 15.3. The third-order valence-electron chi connectivity index (χ3n) is 2.88. The van der Waals surface area contributed by atoms with E-state index in [2.05, 4.69) is 0 Å². The normalized spacial score (nSPS) is 10.4. The van der Waals surface area contributed by atoms with Gasteiger partial charge in [-0.05, 0) is 37.0 Å². The second kappa shape index (κ2) is 8.40. The smallest absolute Gasteiger partial charge is 0.302 e. The van der Waals surface area contributed by atoms with E-state index in [-0.39, 0.29) is 17.5 Å². The summed E-state index contributed by atoms with van der Waals surface area (Å²) in [5, 5.41) is 18.7. The van der Waals surface area contributed by atoms with Crippen LogP contribution in [0.15, 0.2) is 18.2 Å². The van der Waals surface area contributed by atoms with Crippen LogP contribution >= 0.6 is 0 Å². The second-order valence-electron chi connectivity index (χ2n) is 4.72. The quantitative estimate of drug-likeness (QED) is 0.560. The molecule has 1 aromatic carbocycles. The van der Waals surface area contributed by atoms with Crippen molar-refractivity contribution in [3.05, 3.63) is 23.8 Å². The van der Waals surface area contributed by atoms with Crippen LogP contribution in [0.3, 0.4) is 0 Å². The van der Waals surface area contributed by atoms with Gasteiger partial charge in [-0.1, -0.05) is 19.3 Å². The van der Waals surface area contributed by atoms with Crippen LogP contribution in [0.25, 0.3) is 0 Å². The molecule has 0 aliphatic rings. The molecule has 0 amide bonds. The summed E-state index contributed by atoms with van der Waals surface area (Å²) in [4.78, 5) is 10.5. The molecule has 2 N–H and O–H groups in total. The maximum atomic E-state index is 10.5. The SMILES string of the molecule is CC(=O)OCCCCCCCc1cc(O)cc(O)c1. The van der Waals surface area contributed by atoms with Crippen molar-refractivity contribution >= 4 is 5.97 Å². The molecule has 0 saturated carbocycles. The Bertz CT molecular complexity index is 381. The Balaban J connectivity index is 2.06. The summed E-state index contributed by atoms with van der Waals surface area (Å²) in [7, 11) is 0. The van der Waals surface area contributed by atoms with Crippen LogP contribution in [0.2, 0.25) is 0 Å². The van der Waals surface area contributed by atoms with Gasteiger partial charge in [-0.3, -0.25) is 4.79 Å². The molecule has 0 saturated heterocycles. The van der Waals surface area contributed by atoms with Gasteiger partial charge in [0.05, 0.1) is 6.61 Å². The number of carbonyl (C=O) groups is 1. The third-order valence-corrected chi connectivity index (χ3v) is 2.88.